The highest BCUT2D eigenvalue weighted by molar-refractivity contribution is 5.95. The fourth-order valence-corrected chi connectivity index (χ4v) is 3.87. The lowest BCUT2D eigenvalue weighted by Crippen LogP contribution is -2.28. The molecule has 1 heterocycles. The minimum Gasteiger partial charge on any atom is -0.481 e. The number of hydrogen-bond acceptors (Lipinski definition) is 2. The molecule has 1 aliphatic heterocycles. The molecular weight excluding hydrogens is 310 g/mol. The van der Waals surface area contributed by atoms with Crippen molar-refractivity contribution in [2.24, 2.45) is 5.92 Å². The van der Waals surface area contributed by atoms with Crippen molar-refractivity contribution in [3.63, 3.8) is 0 Å². The van der Waals surface area contributed by atoms with Crippen LogP contribution >= 0.6 is 0 Å². The molecule has 0 aromatic heterocycles. The van der Waals surface area contributed by atoms with E-state index in [1.165, 1.54) is 22.0 Å². The van der Waals surface area contributed by atoms with Crippen LogP contribution in [0.5, 0.6) is 0 Å². The number of anilines is 1. The highest BCUT2D eigenvalue weighted by Crippen LogP contribution is 2.51. The summed E-state index contributed by atoms with van der Waals surface area (Å²) in [6, 6.07) is 12.8. The Hall–Kier alpha value is -2.29. The van der Waals surface area contributed by atoms with Gasteiger partial charge in [-0.1, -0.05) is 70.5 Å². The predicted molar refractivity (Wildman–Crippen MR) is 104 cm³/mol. The number of rotatable bonds is 5. The molecule has 0 bridgehead atoms. The van der Waals surface area contributed by atoms with Crippen LogP contribution in [0.15, 0.2) is 48.2 Å². The Balaban J connectivity index is 2.21. The average Bonchev–Trinajstić information content (AvgIpc) is 2.80. The summed E-state index contributed by atoms with van der Waals surface area (Å²) in [6.07, 6.45) is 3.54. The van der Waals surface area contributed by atoms with E-state index in [0.717, 1.165) is 12.1 Å². The lowest BCUT2D eigenvalue weighted by molar-refractivity contribution is -0.136. The van der Waals surface area contributed by atoms with Crippen molar-refractivity contribution in [3.05, 3.63) is 53.7 Å². The average molecular weight is 337 g/mol. The van der Waals surface area contributed by atoms with Crippen molar-refractivity contribution in [2.75, 3.05) is 11.4 Å². The van der Waals surface area contributed by atoms with E-state index in [2.05, 4.69) is 75.1 Å². The maximum atomic E-state index is 11.2. The Labute approximate surface area is 150 Å². The van der Waals surface area contributed by atoms with Gasteiger partial charge in [0.25, 0.3) is 0 Å². The van der Waals surface area contributed by atoms with Crippen LogP contribution in [0.3, 0.4) is 0 Å². The first kappa shape index (κ1) is 17.5. The smallest absolute Gasteiger partial charge is 0.305 e. The van der Waals surface area contributed by atoms with Gasteiger partial charge in [0.15, 0.2) is 0 Å². The summed E-state index contributed by atoms with van der Waals surface area (Å²) in [5.41, 5.74) is 3.55. The van der Waals surface area contributed by atoms with E-state index in [4.69, 9.17) is 0 Å². The van der Waals surface area contributed by atoms with Crippen molar-refractivity contribution < 1.29 is 9.90 Å². The molecule has 0 saturated carbocycles. The van der Waals surface area contributed by atoms with Crippen LogP contribution in [-0.4, -0.2) is 17.6 Å². The van der Waals surface area contributed by atoms with Gasteiger partial charge in [-0.15, -0.1) is 0 Å². The first-order chi connectivity index (χ1) is 11.9. The van der Waals surface area contributed by atoms with E-state index in [-0.39, 0.29) is 11.8 Å². The zero-order chi connectivity index (χ0) is 18.2. The Morgan fingerprint density at radius 3 is 2.64 bits per heavy atom. The molecule has 0 saturated heterocycles. The quantitative estimate of drug-likeness (QED) is 0.800. The number of nitrogens with zero attached hydrogens (tertiary/aromatic N) is 1. The normalized spacial score (nSPS) is 18.6. The van der Waals surface area contributed by atoms with Crippen molar-refractivity contribution in [2.45, 2.75) is 46.0 Å². The summed E-state index contributed by atoms with van der Waals surface area (Å²) in [5.74, 6) is -0.294. The van der Waals surface area contributed by atoms with Gasteiger partial charge in [-0.05, 0) is 28.3 Å². The number of fused-ring (bicyclic) bond motifs is 3. The van der Waals surface area contributed by atoms with E-state index < -0.39 is 5.97 Å². The highest BCUT2D eigenvalue weighted by Gasteiger charge is 2.41. The molecule has 0 radical (unpaired) electrons. The molecule has 132 valence electrons. The van der Waals surface area contributed by atoms with Gasteiger partial charge >= 0.3 is 5.97 Å². The molecule has 3 nitrogen and oxygen atoms in total. The standard InChI is InChI=1S/C22H27NO2/c1-5-15(2)14-19-22(3,4)21-17-9-7-6-8-16(17)10-11-18(21)23(19)13-12-20(24)25/h6-11,14-15H,5,12-13H2,1-4H3,(H,24,25)/b19-14+. The molecule has 2 aromatic rings. The molecule has 25 heavy (non-hydrogen) atoms. The predicted octanol–water partition coefficient (Wildman–Crippen LogP) is 5.34. The first-order valence-corrected chi connectivity index (χ1v) is 9.10. The number of carboxylic acids is 1. The SMILES string of the molecule is CCC(C)/C=C1/N(CCC(=O)O)c2ccc3ccccc3c2C1(C)C. The van der Waals surface area contributed by atoms with Crippen molar-refractivity contribution in [3.8, 4) is 0 Å². The van der Waals surface area contributed by atoms with Crippen molar-refractivity contribution in [1.29, 1.82) is 0 Å². The Bertz CT molecular complexity index is 835. The van der Waals surface area contributed by atoms with E-state index >= 15 is 0 Å². The second kappa shape index (κ2) is 6.55. The Kier molecular flexibility index (Phi) is 4.59. The van der Waals surface area contributed by atoms with Crippen LogP contribution in [0.1, 0.15) is 46.1 Å². The van der Waals surface area contributed by atoms with Gasteiger partial charge in [0, 0.05) is 23.3 Å². The number of hydrogen-bond donors (Lipinski definition) is 1. The summed E-state index contributed by atoms with van der Waals surface area (Å²) < 4.78 is 0. The molecule has 2 aromatic carbocycles. The van der Waals surface area contributed by atoms with Crippen LogP contribution < -0.4 is 4.90 Å². The lowest BCUT2D eigenvalue weighted by Gasteiger charge is -2.28. The van der Waals surface area contributed by atoms with Gasteiger partial charge < -0.3 is 10.0 Å². The summed E-state index contributed by atoms with van der Waals surface area (Å²) in [6.45, 7) is 9.43. The monoisotopic (exact) mass is 337 g/mol. The third-order valence-corrected chi connectivity index (χ3v) is 5.39. The largest absolute Gasteiger partial charge is 0.481 e. The molecule has 1 aliphatic rings. The molecule has 3 rings (SSSR count). The minimum absolute atomic E-state index is 0.139. The highest BCUT2D eigenvalue weighted by atomic mass is 16.4. The van der Waals surface area contributed by atoms with Crippen LogP contribution in [0.4, 0.5) is 5.69 Å². The van der Waals surface area contributed by atoms with Gasteiger partial charge in [-0.3, -0.25) is 4.79 Å². The zero-order valence-electron chi connectivity index (χ0n) is 15.5. The molecule has 3 heteroatoms. The van der Waals surface area contributed by atoms with Gasteiger partial charge in [-0.2, -0.15) is 0 Å². The summed E-state index contributed by atoms with van der Waals surface area (Å²) in [4.78, 5) is 13.4. The number of carboxylic acid groups (broad SMARTS) is 1. The first-order valence-electron chi connectivity index (χ1n) is 9.10. The number of carbonyl (C=O) groups is 1. The molecule has 0 fully saturated rings. The van der Waals surface area contributed by atoms with Crippen molar-refractivity contribution in [1.82, 2.24) is 0 Å². The third-order valence-electron chi connectivity index (χ3n) is 5.39. The number of benzene rings is 2. The summed E-state index contributed by atoms with van der Waals surface area (Å²) in [5, 5.41) is 11.7. The van der Waals surface area contributed by atoms with Crippen LogP contribution in [-0.2, 0) is 10.2 Å². The number of allylic oxidation sites excluding steroid dienone is 2. The lowest BCUT2D eigenvalue weighted by atomic mass is 9.80. The fraction of sp³-hybridized carbons (Fsp3) is 0.409. The van der Waals surface area contributed by atoms with E-state index in [0.29, 0.717) is 12.5 Å². The van der Waals surface area contributed by atoms with Crippen LogP contribution in [0, 0.1) is 5.92 Å². The number of aliphatic carboxylic acids is 1. The van der Waals surface area contributed by atoms with Gasteiger partial charge in [0.1, 0.15) is 0 Å². The minimum atomic E-state index is -0.755. The fourth-order valence-electron chi connectivity index (χ4n) is 3.87. The van der Waals surface area contributed by atoms with Gasteiger partial charge in [-0.25, -0.2) is 0 Å². The van der Waals surface area contributed by atoms with Crippen LogP contribution in [0.25, 0.3) is 10.8 Å². The molecule has 1 atom stereocenters. The van der Waals surface area contributed by atoms with Gasteiger partial charge in [0.2, 0.25) is 0 Å². The summed E-state index contributed by atoms with van der Waals surface area (Å²) in [7, 11) is 0. The van der Waals surface area contributed by atoms with E-state index in [1.807, 2.05) is 0 Å². The molecular formula is C22H27NO2. The third kappa shape index (κ3) is 3.04. The van der Waals surface area contributed by atoms with E-state index in [9.17, 15) is 9.90 Å². The summed E-state index contributed by atoms with van der Waals surface area (Å²) >= 11 is 0. The topological polar surface area (TPSA) is 40.5 Å². The van der Waals surface area contributed by atoms with Crippen molar-refractivity contribution >= 4 is 22.4 Å². The molecule has 0 spiro atoms. The molecule has 0 aliphatic carbocycles. The maximum Gasteiger partial charge on any atom is 0.305 e. The Morgan fingerprint density at radius 1 is 1.24 bits per heavy atom. The Morgan fingerprint density at radius 2 is 1.96 bits per heavy atom. The second-order valence-corrected chi connectivity index (χ2v) is 7.54. The zero-order valence-corrected chi connectivity index (χ0v) is 15.5. The second-order valence-electron chi connectivity index (χ2n) is 7.54. The molecule has 1 unspecified atom stereocenters. The molecule has 1 N–H and O–H groups in total. The van der Waals surface area contributed by atoms with Gasteiger partial charge in [0.05, 0.1) is 6.42 Å². The van der Waals surface area contributed by atoms with E-state index in [1.54, 1.807) is 0 Å². The maximum absolute atomic E-state index is 11.2. The van der Waals surface area contributed by atoms with Crippen LogP contribution in [0.2, 0.25) is 0 Å². The molecule has 0 amide bonds.